The zero-order chi connectivity index (χ0) is 22.9. The average molecular weight is 489 g/mol. The van der Waals surface area contributed by atoms with Gasteiger partial charge in [-0.3, -0.25) is 14.5 Å². The fourth-order valence-corrected chi connectivity index (χ4v) is 3.96. The van der Waals surface area contributed by atoms with E-state index in [9.17, 15) is 13.2 Å². The topological polar surface area (TPSA) is 127 Å². The lowest BCUT2D eigenvalue weighted by Gasteiger charge is -2.11. The molecule has 0 bridgehead atoms. The van der Waals surface area contributed by atoms with Gasteiger partial charge in [-0.25, -0.2) is 23.4 Å². The van der Waals surface area contributed by atoms with Gasteiger partial charge in [-0.05, 0) is 42.0 Å². The number of hydrogen-bond acceptors (Lipinski definition) is 7. The average Bonchev–Trinajstić information content (AvgIpc) is 2.71. The van der Waals surface area contributed by atoms with E-state index in [1.54, 1.807) is 36.5 Å². The van der Waals surface area contributed by atoms with E-state index in [2.05, 4.69) is 30.0 Å². The van der Waals surface area contributed by atoms with Crippen molar-refractivity contribution in [3.63, 3.8) is 0 Å². The highest BCUT2D eigenvalue weighted by atomic mass is 35.5. The van der Waals surface area contributed by atoms with Gasteiger partial charge in [-0.15, -0.1) is 0 Å². The summed E-state index contributed by atoms with van der Waals surface area (Å²) >= 11 is 12.0. The van der Waals surface area contributed by atoms with Gasteiger partial charge in [0.15, 0.2) is 0 Å². The van der Waals surface area contributed by atoms with Crippen LogP contribution in [0.4, 0.5) is 11.4 Å². The molecule has 0 spiro atoms. The summed E-state index contributed by atoms with van der Waals surface area (Å²) < 4.78 is 25.3. The minimum Gasteiger partial charge on any atom is -0.319 e. The fraction of sp³-hybridized carbons (Fsp3) is 0.0500. The van der Waals surface area contributed by atoms with Gasteiger partial charge in [0.25, 0.3) is 5.91 Å². The lowest BCUT2D eigenvalue weighted by molar-refractivity contribution is 0.101. The van der Waals surface area contributed by atoms with Crippen LogP contribution < -0.4 is 10.0 Å². The Balaban J connectivity index is 1.66. The predicted molar refractivity (Wildman–Crippen MR) is 123 cm³/mol. The van der Waals surface area contributed by atoms with Gasteiger partial charge in [-0.2, -0.15) is 0 Å². The maximum Gasteiger partial charge on any atom is 0.293 e. The van der Waals surface area contributed by atoms with Crippen molar-refractivity contribution < 1.29 is 13.2 Å². The summed E-state index contributed by atoms with van der Waals surface area (Å²) in [5.74, 6) is -0.658. The summed E-state index contributed by atoms with van der Waals surface area (Å²) in [5.41, 5.74) is 2.37. The number of fused-ring (bicyclic) bond motifs is 1. The molecule has 0 unspecified atom stereocenters. The maximum absolute atomic E-state index is 12.9. The number of nitrogens with zero attached hydrogens (tertiary/aromatic N) is 4. The Kier molecular flexibility index (Phi) is 5.92. The van der Waals surface area contributed by atoms with Gasteiger partial charge < -0.3 is 5.32 Å². The molecule has 9 nitrogen and oxygen atoms in total. The molecule has 4 rings (SSSR count). The van der Waals surface area contributed by atoms with Crippen LogP contribution in [0.3, 0.4) is 0 Å². The highest BCUT2D eigenvalue weighted by molar-refractivity contribution is 7.92. The summed E-state index contributed by atoms with van der Waals surface area (Å²) in [5, 5.41) is 3.80. The third-order valence-electron chi connectivity index (χ3n) is 4.23. The molecule has 12 heteroatoms. The second kappa shape index (κ2) is 8.65. The summed E-state index contributed by atoms with van der Waals surface area (Å²) in [4.78, 5) is 29.2. The number of benzene rings is 1. The first-order valence-corrected chi connectivity index (χ1v) is 11.7. The van der Waals surface area contributed by atoms with Crippen molar-refractivity contribution in [3.05, 3.63) is 71.1 Å². The van der Waals surface area contributed by atoms with Crippen LogP contribution in [0.1, 0.15) is 10.6 Å². The zero-order valence-electron chi connectivity index (χ0n) is 16.4. The van der Waals surface area contributed by atoms with E-state index in [1.807, 2.05) is 0 Å². The Hall–Kier alpha value is -3.34. The van der Waals surface area contributed by atoms with Crippen molar-refractivity contribution in [1.29, 1.82) is 0 Å². The van der Waals surface area contributed by atoms with Gasteiger partial charge >= 0.3 is 0 Å². The summed E-state index contributed by atoms with van der Waals surface area (Å²) in [6, 6.07) is 9.58. The van der Waals surface area contributed by atoms with Crippen LogP contribution in [0.25, 0.3) is 22.0 Å². The predicted octanol–water partition coefficient (Wildman–Crippen LogP) is 4.02. The second-order valence-electron chi connectivity index (χ2n) is 6.72. The first-order chi connectivity index (χ1) is 15.2. The van der Waals surface area contributed by atoms with Crippen molar-refractivity contribution in [2.75, 3.05) is 16.3 Å². The number of nitrogens with one attached hydrogen (secondary N) is 2. The minimum atomic E-state index is -3.45. The lowest BCUT2D eigenvalue weighted by Crippen LogP contribution is -2.16. The SMILES string of the molecule is CS(=O)(=O)Nc1ccc2cnc(C(=O)Nc3ccncc3-c3cc(Cl)nc(Cl)c3)nc2c1. The number of aromatic nitrogens is 4. The Morgan fingerprint density at radius 3 is 2.47 bits per heavy atom. The molecular weight excluding hydrogens is 475 g/mol. The number of halogens is 2. The van der Waals surface area contributed by atoms with E-state index in [-0.39, 0.29) is 16.1 Å². The Labute approximate surface area is 192 Å². The number of carbonyl (C=O) groups is 1. The molecule has 3 heterocycles. The van der Waals surface area contributed by atoms with E-state index < -0.39 is 15.9 Å². The summed E-state index contributed by atoms with van der Waals surface area (Å²) in [7, 11) is -3.45. The Morgan fingerprint density at radius 1 is 1.00 bits per heavy atom. The Bertz CT molecular complexity index is 1440. The van der Waals surface area contributed by atoms with Crippen molar-refractivity contribution in [3.8, 4) is 11.1 Å². The summed E-state index contributed by atoms with van der Waals surface area (Å²) in [6.45, 7) is 0. The number of pyridine rings is 2. The molecule has 0 atom stereocenters. The number of amides is 1. The molecule has 0 aliphatic rings. The standard InChI is InChI=1S/C20H14Cl2N6O3S/c1-32(30,31)28-13-3-2-11-9-24-19(25-16(11)8-13)20(29)26-15-4-5-23-10-14(15)12-6-17(21)27-18(22)7-12/h2-10,28H,1H3,(H,23,26,29). The smallest absolute Gasteiger partial charge is 0.293 e. The largest absolute Gasteiger partial charge is 0.319 e. The molecule has 162 valence electrons. The molecule has 1 amide bonds. The van der Waals surface area contributed by atoms with Gasteiger partial charge in [0.05, 0.1) is 23.1 Å². The van der Waals surface area contributed by atoms with Crippen molar-refractivity contribution in [2.24, 2.45) is 0 Å². The van der Waals surface area contributed by atoms with Crippen LogP contribution >= 0.6 is 23.2 Å². The lowest BCUT2D eigenvalue weighted by atomic mass is 10.1. The fourth-order valence-electron chi connectivity index (χ4n) is 2.94. The number of anilines is 2. The highest BCUT2D eigenvalue weighted by Crippen LogP contribution is 2.30. The van der Waals surface area contributed by atoms with E-state index in [4.69, 9.17) is 23.2 Å². The molecule has 1 aromatic carbocycles. The summed E-state index contributed by atoms with van der Waals surface area (Å²) in [6.07, 6.45) is 5.61. The van der Waals surface area contributed by atoms with E-state index >= 15 is 0 Å². The third-order valence-corrected chi connectivity index (χ3v) is 5.23. The highest BCUT2D eigenvalue weighted by Gasteiger charge is 2.15. The van der Waals surface area contributed by atoms with Crippen LogP contribution in [-0.2, 0) is 10.0 Å². The normalized spacial score (nSPS) is 11.3. The number of hydrogen-bond donors (Lipinski definition) is 2. The molecule has 0 fully saturated rings. The minimum absolute atomic E-state index is 0.0949. The van der Waals surface area contributed by atoms with Crippen molar-refractivity contribution >= 4 is 61.4 Å². The molecule has 0 aliphatic heterocycles. The van der Waals surface area contributed by atoms with E-state index in [1.165, 1.54) is 18.5 Å². The van der Waals surface area contributed by atoms with E-state index in [0.29, 0.717) is 33.4 Å². The van der Waals surface area contributed by atoms with Gasteiger partial charge in [0.2, 0.25) is 15.8 Å². The van der Waals surface area contributed by atoms with E-state index in [0.717, 1.165) is 6.26 Å². The van der Waals surface area contributed by atoms with Crippen molar-refractivity contribution in [2.45, 2.75) is 0 Å². The monoisotopic (exact) mass is 488 g/mol. The molecule has 0 saturated carbocycles. The molecule has 0 saturated heterocycles. The first-order valence-electron chi connectivity index (χ1n) is 9.01. The Morgan fingerprint density at radius 2 is 1.75 bits per heavy atom. The molecule has 0 aliphatic carbocycles. The van der Waals surface area contributed by atoms with Crippen LogP contribution in [0.2, 0.25) is 10.3 Å². The van der Waals surface area contributed by atoms with Gasteiger partial charge in [0, 0.05) is 29.5 Å². The molecule has 3 aromatic heterocycles. The molecule has 32 heavy (non-hydrogen) atoms. The second-order valence-corrected chi connectivity index (χ2v) is 9.24. The van der Waals surface area contributed by atoms with Gasteiger partial charge in [0.1, 0.15) is 10.3 Å². The van der Waals surface area contributed by atoms with Crippen molar-refractivity contribution in [1.82, 2.24) is 19.9 Å². The molecule has 4 aromatic rings. The van der Waals surface area contributed by atoms with Crippen LogP contribution in [0.5, 0.6) is 0 Å². The molecule has 0 radical (unpaired) electrons. The molecular formula is C20H14Cl2N6O3S. The quantitative estimate of drug-likeness (QED) is 0.406. The first kappa shape index (κ1) is 21.9. The van der Waals surface area contributed by atoms with Crippen LogP contribution in [-0.4, -0.2) is 40.5 Å². The number of sulfonamides is 1. The number of carbonyl (C=O) groups excluding carboxylic acids is 1. The molecule has 2 N–H and O–H groups in total. The van der Waals surface area contributed by atoms with Gasteiger partial charge in [-0.1, -0.05) is 23.2 Å². The maximum atomic E-state index is 12.9. The zero-order valence-corrected chi connectivity index (χ0v) is 18.7. The van der Waals surface area contributed by atoms with Crippen LogP contribution in [0.15, 0.2) is 55.0 Å². The van der Waals surface area contributed by atoms with Crippen LogP contribution in [0, 0.1) is 0 Å². The number of rotatable bonds is 5. The third kappa shape index (κ3) is 5.10.